The van der Waals surface area contributed by atoms with E-state index in [1.165, 1.54) is 0 Å². The number of methoxy groups -OCH3 is 1. The molecule has 0 aromatic heterocycles. The molecule has 5 nitrogen and oxygen atoms in total. The van der Waals surface area contributed by atoms with E-state index in [0.717, 1.165) is 0 Å². The molecule has 1 aromatic rings. The minimum Gasteiger partial charge on any atom is -0.497 e. The highest BCUT2D eigenvalue weighted by molar-refractivity contribution is 5.94. The summed E-state index contributed by atoms with van der Waals surface area (Å²) >= 11 is 0. The van der Waals surface area contributed by atoms with Crippen molar-refractivity contribution in [1.29, 1.82) is 0 Å². The first-order chi connectivity index (χ1) is 9.47. The van der Waals surface area contributed by atoms with E-state index in [9.17, 15) is 14.7 Å². The molecule has 0 spiro atoms. The lowest BCUT2D eigenvalue weighted by molar-refractivity contribution is -0.151. The second-order valence-corrected chi connectivity index (χ2v) is 4.75. The Bertz CT molecular complexity index is 463. The minimum atomic E-state index is -0.990. The highest BCUT2D eigenvalue weighted by atomic mass is 16.5. The lowest BCUT2D eigenvalue weighted by Gasteiger charge is -2.25. The van der Waals surface area contributed by atoms with E-state index in [1.807, 2.05) is 0 Å². The molecule has 0 saturated heterocycles. The molecule has 0 fully saturated rings. The van der Waals surface area contributed by atoms with Gasteiger partial charge in [0.05, 0.1) is 12.5 Å². The molecule has 0 heterocycles. The predicted molar refractivity (Wildman–Crippen MR) is 76.9 cm³/mol. The SMILES string of the molecule is CCC(CC)(CC(=O)Nc1ccc(OC)cc1)C(=O)O. The normalized spacial score (nSPS) is 10.9. The third-order valence-corrected chi connectivity index (χ3v) is 3.68. The van der Waals surface area contributed by atoms with Gasteiger partial charge < -0.3 is 15.2 Å². The Morgan fingerprint density at radius 2 is 1.75 bits per heavy atom. The first-order valence-electron chi connectivity index (χ1n) is 6.64. The summed E-state index contributed by atoms with van der Waals surface area (Å²) in [5.74, 6) is -0.515. The first kappa shape index (κ1) is 16.0. The van der Waals surface area contributed by atoms with E-state index in [2.05, 4.69) is 5.32 Å². The number of benzene rings is 1. The maximum atomic E-state index is 12.0. The quantitative estimate of drug-likeness (QED) is 0.804. The van der Waals surface area contributed by atoms with Gasteiger partial charge in [0.2, 0.25) is 5.91 Å². The zero-order valence-corrected chi connectivity index (χ0v) is 12.1. The van der Waals surface area contributed by atoms with E-state index in [0.29, 0.717) is 24.3 Å². The zero-order chi connectivity index (χ0) is 15.2. The zero-order valence-electron chi connectivity index (χ0n) is 12.1. The van der Waals surface area contributed by atoms with Crippen LogP contribution in [0.5, 0.6) is 5.75 Å². The van der Waals surface area contributed by atoms with Crippen molar-refractivity contribution in [1.82, 2.24) is 0 Å². The summed E-state index contributed by atoms with van der Waals surface area (Å²) in [4.78, 5) is 23.4. The van der Waals surface area contributed by atoms with Gasteiger partial charge in [-0.3, -0.25) is 9.59 Å². The van der Waals surface area contributed by atoms with E-state index >= 15 is 0 Å². The molecule has 1 aromatic carbocycles. The van der Waals surface area contributed by atoms with Crippen molar-refractivity contribution in [2.75, 3.05) is 12.4 Å². The smallest absolute Gasteiger partial charge is 0.310 e. The van der Waals surface area contributed by atoms with Crippen molar-refractivity contribution in [3.05, 3.63) is 24.3 Å². The monoisotopic (exact) mass is 279 g/mol. The molecule has 0 aliphatic heterocycles. The number of nitrogens with one attached hydrogen (secondary N) is 1. The summed E-state index contributed by atoms with van der Waals surface area (Å²) < 4.78 is 5.03. The number of ether oxygens (including phenoxy) is 1. The molecule has 0 atom stereocenters. The van der Waals surface area contributed by atoms with Gasteiger partial charge in [0.25, 0.3) is 0 Å². The Hall–Kier alpha value is -2.04. The van der Waals surface area contributed by atoms with Crippen LogP contribution in [-0.2, 0) is 9.59 Å². The second kappa shape index (κ2) is 6.93. The number of carbonyl (C=O) groups is 2. The maximum absolute atomic E-state index is 12.0. The van der Waals surface area contributed by atoms with Crippen molar-refractivity contribution in [3.8, 4) is 5.75 Å². The van der Waals surface area contributed by atoms with Crippen molar-refractivity contribution in [3.63, 3.8) is 0 Å². The molecule has 0 radical (unpaired) electrons. The van der Waals surface area contributed by atoms with Crippen LogP contribution >= 0.6 is 0 Å². The Morgan fingerprint density at radius 1 is 1.20 bits per heavy atom. The van der Waals surface area contributed by atoms with Crippen molar-refractivity contribution in [2.24, 2.45) is 5.41 Å². The lowest BCUT2D eigenvalue weighted by atomic mass is 9.79. The number of aliphatic carboxylic acids is 1. The fraction of sp³-hybridized carbons (Fsp3) is 0.467. The van der Waals surface area contributed by atoms with E-state index in [-0.39, 0.29) is 12.3 Å². The molecule has 5 heteroatoms. The Kier molecular flexibility index (Phi) is 5.55. The maximum Gasteiger partial charge on any atom is 0.310 e. The van der Waals surface area contributed by atoms with Crippen LogP contribution < -0.4 is 10.1 Å². The van der Waals surface area contributed by atoms with E-state index in [1.54, 1.807) is 45.2 Å². The molecular weight excluding hydrogens is 258 g/mol. The molecule has 0 aliphatic carbocycles. The summed E-state index contributed by atoms with van der Waals surface area (Å²) in [7, 11) is 1.57. The fourth-order valence-corrected chi connectivity index (χ4v) is 2.06. The topological polar surface area (TPSA) is 75.6 Å². The number of carboxylic acid groups (broad SMARTS) is 1. The summed E-state index contributed by atoms with van der Waals surface area (Å²) in [5, 5.41) is 12.0. The van der Waals surface area contributed by atoms with Crippen LogP contribution in [-0.4, -0.2) is 24.1 Å². The molecule has 1 rings (SSSR count). The average molecular weight is 279 g/mol. The van der Waals surface area contributed by atoms with Gasteiger partial charge in [0, 0.05) is 12.1 Å². The van der Waals surface area contributed by atoms with Gasteiger partial charge in [0.15, 0.2) is 0 Å². The largest absolute Gasteiger partial charge is 0.497 e. The molecule has 0 unspecified atom stereocenters. The summed E-state index contributed by atoms with van der Waals surface area (Å²) in [6, 6.07) is 6.91. The summed E-state index contributed by atoms with van der Waals surface area (Å²) in [6.45, 7) is 3.58. The predicted octanol–water partition coefficient (Wildman–Crippen LogP) is 2.91. The molecule has 2 N–H and O–H groups in total. The highest BCUT2D eigenvalue weighted by Gasteiger charge is 2.37. The second-order valence-electron chi connectivity index (χ2n) is 4.75. The number of carbonyl (C=O) groups excluding carboxylic acids is 1. The number of amides is 1. The van der Waals surface area contributed by atoms with Crippen LogP contribution in [0.1, 0.15) is 33.1 Å². The number of rotatable bonds is 7. The number of carboxylic acids is 1. The molecule has 110 valence electrons. The van der Waals surface area contributed by atoms with Gasteiger partial charge in [-0.2, -0.15) is 0 Å². The molecular formula is C15H21NO4. The first-order valence-corrected chi connectivity index (χ1v) is 6.64. The summed E-state index contributed by atoms with van der Waals surface area (Å²) in [6.07, 6.45) is 0.824. The van der Waals surface area contributed by atoms with Crippen LogP contribution in [0, 0.1) is 5.41 Å². The molecule has 0 bridgehead atoms. The van der Waals surface area contributed by atoms with Gasteiger partial charge in [-0.25, -0.2) is 0 Å². The standard InChI is InChI=1S/C15H21NO4/c1-4-15(5-2,14(18)19)10-13(17)16-11-6-8-12(20-3)9-7-11/h6-9H,4-5,10H2,1-3H3,(H,16,17)(H,18,19). The van der Waals surface area contributed by atoms with Gasteiger partial charge >= 0.3 is 5.97 Å². The molecule has 20 heavy (non-hydrogen) atoms. The molecule has 0 aliphatic rings. The van der Waals surface area contributed by atoms with Gasteiger partial charge in [-0.1, -0.05) is 13.8 Å². The van der Waals surface area contributed by atoms with Crippen LogP contribution in [0.15, 0.2) is 24.3 Å². The summed E-state index contributed by atoms with van der Waals surface area (Å²) in [5.41, 5.74) is -0.362. The number of anilines is 1. The third kappa shape index (κ3) is 3.73. The minimum absolute atomic E-state index is 0.0264. The molecule has 1 amide bonds. The van der Waals surface area contributed by atoms with Crippen LogP contribution in [0.2, 0.25) is 0 Å². The Labute approximate surface area is 118 Å². The Balaban J connectivity index is 2.72. The van der Waals surface area contributed by atoms with E-state index < -0.39 is 11.4 Å². The average Bonchev–Trinajstić information content (AvgIpc) is 2.45. The number of hydrogen-bond donors (Lipinski definition) is 2. The van der Waals surface area contributed by atoms with Crippen molar-refractivity contribution >= 4 is 17.6 Å². The van der Waals surface area contributed by atoms with Gasteiger partial charge in [-0.15, -0.1) is 0 Å². The fourth-order valence-electron chi connectivity index (χ4n) is 2.06. The lowest BCUT2D eigenvalue weighted by Crippen LogP contribution is -2.34. The van der Waals surface area contributed by atoms with Crippen molar-refractivity contribution in [2.45, 2.75) is 33.1 Å². The van der Waals surface area contributed by atoms with Crippen molar-refractivity contribution < 1.29 is 19.4 Å². The van der Waals surface area contributed by atoms with Gasteiger partial charge in [-0.05, 0) is 37.1 Å². The van der Waals surface area contributed by atoms with Crippen LogP contribution in [0.3, 0.4) is 0 Å². The van der Waals surface area contributed by atoms with Crippen LogP contribution in [0.25, 0.3) is 0 Å². The highest BCUT2D eigenvalue weighted by Crippen LogP contribution is 2.31. The Morgan fingerprint density at radius 3 is 2.15 bits per heavy atom. The van der Waals surface area contributed by atoms with Crippen LogP contribution in [0.4, 0.5) is 5.69 Å². The number of hydrogen-bond acceptors (Lipinski definition) is 3. The van der Waals surface area contributed by atoms with E-state index in [4.69, 9.17) is 4.74 Å². The molecule has 0 saturated carbocycles. The van der Waals surface area contributed by atoms with Gasteiger partial charge in [0.1, 0.15) is 5.75 Å². The third-order valence-electron chi connectivity index (χ3n) is 3.68.